The number of nitrogens with zero attached hydrogens (tertiary/aromatic N) is 4. The Bertz CT molecular complexity index is 861. The number of rotatable bonds is 4. The van der Waals surface area contributed by atoms with E-state index in [1.165, 1.54) is 0 Å². The summed E-state index contributed by atoms with van der Waals surface area (Å²) >= 11 is 0. The third-order valence-electron chi connectivity index (χ3n) is 3.46. The molecule has 24 heavy (non-hydrogen) atoms. The number of nitrogens with two attached hydrogens (primary N) is 1. The molecule has 1 aromatic heterocycles. The average molecular weight is 319 g/mol. The van der Waals surface area contributed by atoms with Gasteiger partial charge in [-0.1, -0.05) is 30.3 Å². The smallest absolute Gasteiger partial charge is 0.220 e. The van der Waals surface area contributed by atoms with Gasteiger partial charge in [-0.3, -0.25) is 0 Å². The van der Waals surface area contributed by atoms with Gasteiger partial charge in [0.2, 0.25) is 5.95 Å². The van der Waals surface area contributed by atoms with Crippen LogP contribution in [-0.2, 0) is 0 Å². The summed E-state index contributed by atoms with van der Waals surface area (Å²) in [5.41, 5.74) is 9.37. The molecule has 120 valence electrons. The Morgan fingerprint density at radius 1 is 0.917 bits per heavy atom. The monoisotopic (exact) mass is 319 g/mol. The minimum absolute atomic E-state index is 0.217. The zero-order chi connectivity index (χ0) is 16.9. The van der Waals surface area contributed by atoms with Crippen molar-refractivity contribution >= 4 is 17.3 Å². The first-order valence-corrected chi connectivity index (χ1v) is 7.42. The second-order valence-corrected chi connectivity index (χ2v) is 5.13. The molecule has 2 aromatic carbocycles. The van der Waals surface area contributed by atoms with Crippen molar-refractivity contribution < 1.29 is 4.74 Å². The van der Waals surface area contributed by atoms with Crippen molar-refractivity contribution in [3.8, 4) is 17.0 Å². The number of benzene rings is 2. The molecule has 0 saturated heterocycles. The quantitative estimate of drug-likeness (QED) is 0.719. The Balaban J connectivity index is 2.02. The van der Waals surface area contributed by atoms with Crippen LogP contribution in [0.4, 0.5) is 17.3 Å². The number of nitrogen functional groups attached to an aromatic ring is 1. The van der Waals surface area contributed by atoms with Crippen LogP contribution in [0, 0.1) is 6.92 Å². The second-order valence-electron chi connectivity index (χ2n) is 5.13. The molecule has 0 aliphatic rings. The Morgan fingerprint density at radius 2 is 1.62 bits per heavy atom. The molecule has 1 heterocycles. The average Bonchev–Trinajstić information content (AvgIpc) is 2.61. The fraction of sp³-hybridized carbons (Fsp3) is 0.111. The van der Waals surface area contributed by atoms with Crippen molar-refractivity contribution in [2.45, 2.75) is 6.92 Å². The summed E-state index contributed by atoms with van der Waals surface area (Å²) in [7, 11) is 1.62. The number of methoxy groups -OCH3 is 1. The highest BCUT2D eigenvalue weighted by Crippen LogP contribution is 2.32. The zero-order valence-corrected chi connectivity index (χ0v) is 13.5. The predicted octanol–water partition coefficient (Wildman–Crippen LogP) is 4.46. The van der Waals surface area contributed by atoms with Crippen LogP contribution in [0.3, 0.4) is 0 Å². The molecule has 3 rings (SSSR count). The lowest BCUT2D eigenvalue weighted by Gasteiger charge is -2.07. The van der Waals surface area contributed by atoms with Gasteiger partial charge in [0.25, 0.3) is 0 Å². The van der Waals surface area contributed by atoms with E-state index in [2.05, 4.69) is 20.2 Å². The highest BCUT2D eigenvalue weighted by molar-refractivity contribution is 5.74. The van der Waals surface area contributed by atoms with Gasteiger partial charge < -0.3 is 10.5 Å². The van der Waals surface area contributed by atoms with Crippen LogP contribution in [0.5, 0.6) is 5.75 Å². The number of azo groups is 1. The van der Waals surface area contributed by atoms with Crippen molar-refractivity contribution in [3.05, 3.63) is 60.3 Å². The summed E-state index contributed by atoms with van der Waals surface area (Å²) < 4.78 is 5.14. The lowest BCUT2D eigenvalue weighted by atomic mass is 10.1. The first-order valence-electron chi connectivity index (χ1n) is 7.42. The Kier molecular flexibility index (Phi) is 4.47. The van der Waals surface area contributed by atoms with Gasteiger partial charge in [0.1, 0.15) is 17.1 Å². The molecule has 0 fully saturated rings. The van der Waals surface area contributed by atoms with Gasteiger partial charge in [-0.05, 0) is 31.2 Å². The lowest BCUT2D eigenvalue weighted by molar-refractivity contribution is 0.415. The topological polar surface area (TPSA) is 85.8 Å². The van der Waals surface area contributed by atoms with Gasteiger partial charge in [0.15, 0.2) is 0 Å². The van der Waals surface area contributed by atoms with Crippen molar-refractivity contribution in [1.82, 2.24) is 9.97 Å². The SMILES string of the molecule is COc1ccc(N=Nc2c(C)nc(N)nc2-c2ccccc2)cc1. The second kappa shape index (κ2) is 6.87. The normalized spacial score (nSPS) is 10.9. The van der Waals surface area contributed by atoms with Gasteiger partial charge in [-0.2, -0.15) is 5.11 Å². The Hall–Kier alpha value is -3.28. The Labute approximate surface area is 140 Å². The van der Waals surface area contributed by atoms with Crippen LogP contribution in [0.1, 0.15) is 5.69 Å². The number of hydrogen-bond donors (Lipinski definition) is 1. The molecule has 0 spiro atoms. The fourth-order valence-electron chi connectivity index (χ4n) is 2.26. The largest absolute Gasteiger partial charge is 0.497 e. The maximum absolute atomic E-state index is 5.80. The Morgan fingerprint density at radius 3 is 2.29 bits per heavy atom. The molecule has 0 radical (unpaired) electrons. The number of hydrogen-bond acceptors (Lipinski definition) is 6. The van der Waals surface area contributed by atoms with E-state index < -0.39 is 0 Å². The molecular formula is C18H17N5O. The molecule has 0 bridgehead atoms. The summed E-state index contributed by atoms with van der Waals surface area (Å²) in [6, 6.07) is 17.1. The third kappa shape index (κ3) is 3.38. The van der Waals surface area contributed by atoms with Crippen LogP contribution in [0.2, 0.25) is 0 Å². The van der Waals surface area contributed by atoms with Crippen molar-refractivity contribution in [2.24, 2.45) is 10.2 Å². The fourth-order valence-corrected chi connectivity index (χ4v) is 2.26. The van der Waals surface area contributed by atoms with Crippen LogP contribution in [-0.4, -0.2) is 17.1 Å². The van der Waals surface area contributed by atoms with E-state index in [0.29, 0.717) is 22.8 Å². The molecule has 3 aromatic rings. The van der Waals surface area contributed by atoms with Crippen LogP contribution in [0.25, 0.3) is 11.3 Å². The minimum Gasteiger partial charge on any atom is -0.497 e. The summed E-state index contributed by atoms with van der Waals surface area (Å²) in [5.74, 6) is 0.987. The molecule has 0 unspecified atom stereocenters. The number of ether oxygens (including phenoxy) is 1. The van der Waals surface area contributed by atoms with E-state index in [-0.39, 0.29) is 5.95 Å². The van der Waals surface area contributed by atoms with Gasteiger partial charge in [0.05, 0.1) is 18.5 Å². The van der Waals surface area contributed by atoms with Gasteiger partial charge in [-0.15, -0.1) is 5.11 Å². The van der Waals surface area contributed by atoms with E-state index >= 15 is 0 Å². The van der Waals surface area contributed by atoms with Crippen molar-refractivity contribution in [2.75, 3.05) is 12.8 Å². The highest BCUT2D eigenvalue weighted by atomic mass is 16.5. The van der Waals surface area contributed by atoms with E-state index in [1.807, 2.05) is 61.5 Å². The summed E-state index contributed by atoms with van der Waals surface area (Å²) in [4.78, 5) is 8.53. The summed E-state index contributed by atoms with van der Waals surface area (Å²) in [5, 5.41) is 8.63. The molecule has 6 nitrogen and oxygen atoms in total. The summed E-state index contributed by atoms with van der Waals surface area (Å²) in [6.07, 6.45) is 0. The summed E-state index contributed by atoms with van der Waals surface area (Å²) in [6.45, 7) is 1.84. The molecule has 0 amide bonds. The minimum atomic E-state index is 0.217. The maximum Gasteiger partial charge on any atom is 0.220 e. The molecule has 0 atom stereocenters. The molecule has 0 saturated carbocycles. The maximum atomic E-state index is 5.80. The molecule has 0 aliphatic heterocycles. The van der Waals surface area contributed by atoms with Crippen LogP contribution >= 0.6 is 0 Å². The first kappa shape index (κ1) is 15.6. The predicted molar refractivity (Wildman–Crippen MR) is 93.8 cm³/mol. The van der Waals surface area contributed by atoms with Gasteiger partial charge in [-0.25, -0.2) is 9.97 Å². The molecule has 2 N–H and O–H groups in total. The number of aromatic nitrogens is 2. The highest BCUT2D eigenvalue weighted by Gasteiger charge is 2.12. The zero-order valence-electron chi connectivity index (χ0n) is 13.5. The van der Waals surface area contributed by atoms with E-state index in [4.69, 9.17) is 10.5 Å². The first-order chi connectivity index (χ1) is 11.7. The van der Waals surface area contributed by atoms with Gasteiger partial charge >= 0.3 is 0 Å². The van der Waals surface area contributed by atoms with Crippen LogP contribution in [0.15, 0.2) is 64.8 Å². The molecular weight excluding hydrogens is 302 g/mol. The van der Waals surface area contributed by atoms with E-state index in [9.17, 15) is 0 Å². The standard InChI is InChI=1S/C18H17N5O/c1-12-16(23-22-14-8-10-15(24-2)11-9-14)17(21-18(19)20-12)13-6-4-3-5-7-13/h3-11H,1-2H3,(H2,19,20,21). The van der Waals surface area contributed by atoms with Crippen LogP contribution < -0.4 is 10.5 Å². The number of anilines is 1. The van der Waals surface area contributed by atoms with Crippen molar-refractivity contribution in [1.29, 1.82) is 0 Å². The van der Waals surface area contributed by atoms with E-state index in [1.54, 1.807) is 7.11 Å². The lowest BCUT2D eigenvalue weighted by Crippen LogP contribution is -1.99. The molecule has 6 heteroatoms. The number of aryl methyl sites for hydroxylation is 1. The third-order valence-corrected chi connectivity index (χ3v) is 3.46. The van der Waals surface area contributed by atoms with E-state index in [0.717, 1.165) is 11.3 Å². The van der Waals surface area contributed by atoms with Crippen molar-refractivity contribution in [3.63, 3.8) is 0 Å². The molecule has 0 aliphatic carbocycles. The van der Waals surface area contributed by atoms with Gasteiger partial charge in [0, 0.05) is 5.56 Å².